The highest BCUT2D eigenvalue weighted by Gasteiger charge is 2.25. The molecule has 3 rings (SSSR count). The van der Waals surface area contributed by atoms with E-state index in [9.17, 15) is 4.79 Å². The van der Waals surface area contributed by atoms with Crippen LogP contribution in [0.25, 0.3) is 0 Å². The summed E-state index contributed by atoms with van der Waals surface area (Å²) in [4.78, 5) is 16.8. The fourth-order valence-corrected chi connectivity index (χ4v) is 3.44. The zero-order valence-electron chi connectivity index (χ0n) is 14.6. The first-order valence-corrected chi connectivity index (χ1v) is 8.89. The minimum absolute atomic E-state index is 0.0153. The molecule has 0 aromatic carbocycles. The summed E-state index contributed by atoms with van der Waals surface area (Å²) in [5.41, 5.74) is 1.20. The molecule has 1 aliphatic heterocycles. The number of nitrogens with zero attached hydrogens (tertiary/aromatic N) is 2. The van der Waals surface area contributed by atoms with E-state index in [0.29, 0.717) is 6.10 Å². The lowest BCUT2D eigenvalue weighted by atomic mass is 9.93. The maximum absolute atomic E-state index is 12.1. The first kappa shape index (κ1) is 16.5. The van der Waals surface area contributed by atoms with Gasteiger partial charge in [-0.05, 0) is 19.3 Å². The van der Waals surface area contributed by atoms with Crippen molar-refractivity contribution in [3.8, 4) is 0 Å². The molecule has 1 aromatic rings. The highest BCUT2D eigenvalue weighted by Crippen LogP contribution is 2.24. The van der Waals surface area contributed by atoms with Gasteiger partial charge in [-0.15, -0.1) is 0 Å². The van der Waals surface area contributed by atoms with Gasteiger partial charge in [-0.2, -0.15) is 0 Å². The van der Waals surface area contributed by atoms with Gasteiger partial charge in [-0.1, -0.05) is 33.6 Å². The first-order chi connectivity index (χ1) is 10.9. The van der Waals surface area contributed by atoms with Crippen LogP contribution in [0.5, 0.6) is 0 Å². The van der Waals surface area contributed by atoms with Gasteiger partial charge in [-0.25, -0.2) is 4.98 Å². The molecule has 1 aromatic heterocycles. The first-order valence-electron chi connectivity index (χ1n) is 8.89. The van der Waals surface area contributed by atoms with Crippen LogP contribution in [-0.2, 0) is 27.9 Å². The van der Waals surface area contributed by atoms with E-state index >= 15 is 0 Å². The second kappa shape index (κ2) is 6.63. The Morgan fingerprint density at radius 1 is 1.35 bits per heavy atom. The van der Waals surface area contributed by atoms with Crippen LogP contribution >= 0.6 is 0 Å². The van der Waals surface area contributed by atoms with E-state index in [-0.39, 0.29) is 24.0 Å². The van der Waals surface area contributed by atoms with Crippen LogP contribution < -0.4 is 5.32 Å². The number of hydrogen-bond donors (Lipinski definition) is 1. The molecule has 1 unspecified atom stereocenters. The third-order valence-corrected chi connectivity index (χ3v) is 4.88. The Morgan fingerprint density at radius 3 is 2.78 bits per heavy atom. The van der Waals surface area contributed by atoms with Crippen molar-refractivity contribution in [3.63, 3.8) is 0 Å². The summed E-state index contributed by atoms with van der Waals surface area (Å²) in [5.74, 6) is 1.16. The van der Waals surface area contributed by atoms with Crippen LogP contribution in [0.4, 0.5) is 0 Å². The van der Waals surface area contributed by atoms with Gasteiger partial charge in [0.1, 0.15) is 12.4 Å². The Hall–Kier alpha value is -1.36. The van der Waals surface area contributed by atoms with E-state index < -0.39 is 0 Å². The van der Waals surface area contributed by atoms with Gasteiger partial charge in [0.15, 0.2) is 0 Å². The molecule has 1 atom stereocenters. The van der Waals surface area contributed by atoms with Gasteiger partial charge in [0.2, 0.25) is 5.91 Å². The Balaban J connectivity index is 1.50. The maximum Gasteiger partial charge on any atom is 0.246 e. The lowest BCUT2D eigenvalue weighted by Gasteiger charge is -2.25. The number of amides is 1. The standard InChI is InChI=1S/C18H29N3O2/c1-18(2,3)15-11-21-10-13(8-9-16(21)20-15)19-17(22)12-23-14-6-4-5-7-14/h11,13-14H,4-10,12H2,1-3H3,(H,19,22). The minimum Gasteiger partial charge on any atom is -0.368 e. The molecule has 1 saturated carbocycles. The second-order valence-corrected chi connectivity index (χ2v) is 7.97. The van der Waals surface area contributed by atoms with Crippen molar-refractivity contribution in [3.05, 3.63) is 17.7 Å². The number of ether oxygens (including phenoxy) is 1. The number of carbonyl (C=O) groups excluding carboxylic acids is 1. The van der Waals surface area contributed by atoms with E-state index in [1.54, 1.807) is 0 Å². The van der Waals surface area contributed by atoms with Crippen LogP contribution in [-0.4, -0.2) is 34.2 Å². The quantitative estimate of drug-likeness (QED) is 0.928. The molecule has 1 aliphatic carbocycles. The number of rotatable bonds is 4. The Morgan fingerprint density at radius 2 is 2.09 bits per heavy atom. The number of fused-ring (bicyclic) bond motifs is 1. The highest BCUT2D eigenvalue weighted by molar-refractivity contribution is 5.77. The van der Waals surface area contributed by atoms with Crippen molar-refractivity contribution >= 4 is 5.91 Å². The topological polar surface area (TPSA) is 56.2 Å². The zero-order chi connectivity index (χ0) is 16.4. The SMILES string of the molecule is CC(C)(C)c1cn2c(n1)CCC(NC(=O)COC1CCCC1)C2. The number of hydrogen-bond acceptors (Lipinski definition) is 3. The van der Waals surface area contributed by atoms with Crippen LogP contribution in [0.1, 0.15) is 64.4 Å². The molecule has 1 N–H and O–H groups in total. The van der Waals surface area contributed by atoms with Crippen molar-refractivity contribution in [1.29, 1.82) is 0 Å². The Kier molecular flexibility index (Phi) is 4.76. The van der Waals surface area contributed by atoms with Crippen LogP contribution in [0.15, 0.2) is 6.20 Å². The molecule has 0 spiro atoms. The van der Waals surface area contributed by atoms with Crippen molar-refractivity contribution in [1.82, 2.24) is 14.9 Å². The molecule has 2 aliphatic rings. The summed E-state index contributed by atoms with van der Waals surface area (Å²) in [6.45, 7) is 7.56. The van der Waals surface area contributed by atoms with Crippen LogP contribution in [0.2, 0.25) is 0 Å². The molecule has 0 saturated heterocycles. The smallest absolute Gasteiger partial charge is 0.246 e. The summed E-state index contributed by atoms with van der Waals surface area (Å²) in [7, 11) is 0. The van der Waals surface area contributed by atoms with Gasteiger partial charge in [-0.3, -0.25) is 4.79 Å². The van der Waals surface area contributed by atoms with E-state index in [2.05, 4.69) is 36.9 Å². The van der Waals surface area contributed by atoms with Gasteiger partial charge in [0, 0.05) is 30.6 Å². The molecule has 0 bridgehead atoms. The number of imidazole rings is 1. The second-order valence-electron chi connectivity index (χ2n) is 7.97. The lowest BCUT2D eigenvalue weighted by Crippen LogP contribution is -2.42. The van der Waals surface area contributed by atoms with Gasteiger partial charge in [0.25, 0.3) is 0 Å². The largest absolute Gasteiger partial charge is 0.368 e. The third kappa shape index (κ3) is 4.14. The van der Waals surface area contributed by atoms with Crippen LogP contribution in [0.3, 0.4) is 0 Å². The van der Waals surface area contributed by atoms with Gasteiger partial charge in [0.05, 0.1) is 11.8 Å². The van der Waals surface area contributed by atoms with Crippen molar-refractivity contribution < 1.29 is 9.53 Å². The number of nitrogens with one attached hydrogen (secondary N) is 1. The number of aromatic nitrogens is 2. The normalized spacial score (nSPS) is 22.1. The van der Waals surface area contributed by atoms with E-state index in [1.165, 1.54) is 12.8 Å². The minimum atomic E-state index is 0.0153. The Bertz CT molecular complexity index is 553. The molecular weight excluding hydrogens is 290 g/mol. The monoisotopic (exact) mass is 319 g/mol. The average Bonchev–Trinajstić information content (AvgIpc) is 3.13. The summed E-state index contributed by atoms with van der Waals surface area (Å²) >= 11 is 0. The average molecular weight is 319 g/mol. The van der Waals surface area contributed by atoms with Crippen LogP contribution in [0, 0.1) is 0 Å². The van der Waals surface area contributed by atoms with Crippen molar-refractivity contribution in [2.45, 2.75) is 83.4 Å². The molecule has 23 heavy (non-hydrogen) atoms. The van der Waals surface area contributed by atoms with Gasteiger partial charge >= 0.3 is 0 Å². The molecular formula is C18H29N3O2. The maximum atomic E-state index is 12.1. The summed E-state index contributed by atoms with van der Waals surface area (Å²) < 4.78 is 7.89. The summed E-state index contributed by atoms with van der Waals surface area (Å²) in [6.07, 6.45) is 8.97. The van der Waals surface area contributed by atoms with Crippen molar-refractivity contribution in [2.75, 3.05) is 6.61 Å². The molecule has 128 valence electrons. The molecule has 1 amide bonds. The number of carbonyl (C=O) groups is 1. The van der Waals surface area contributed by atoms with E-state index in [0.717, 1.165) is 43.7 Å². The Labute approximate surface area is 138 Å². The molecule has 5 heteroatoms. The molecule has 5 nitrogen and oxygen atoms in total. The van der Waals surface area contributed by atoms with Gasteiger partial charge < -0.3 is 14.6 Å². The predicted molar refractivity (Wildman–Crippen MR) is 89.4 cm³/mol. The van der Waals surface area contributed by atoms with E-state index in [1.807, 2.05) is 0 Å². The number of aryl methyl sites for hydroxylation is 1. The zero-order valence-corrected chi connectivity index (χ0v) is 14.6. The fraction of sp³-hybridized carbons (Fsp3) is 0.778. The molecule has 0 radical (unpaired) electrons. The van der Waals surface area contributed by atoms with Crippen molar-refractivity contribution in [2.24, 2.45) is 0 Å². The molecule has 1 fully saturated rings. The predicted octanol–water partition coefficient (Wildman–Crippen LogP) is 2.57. The fourth-order valence-electron chi connectivity index (χ4n) is 3.44. The summed E-state index contributed by atoms with van der Waals surface area (Å²) in [5, 5.41) is 3.12. The molecule has 2 heterocycles. The van der Waals surface area contributed by atoms with E-state index in [4.69, 9.17) is 9.72 Å². The third-order valence-electron chi connectivity index (χ3n) is 4.88. The lowest BCUT2D eigenvalue weighted by molar-refractivity contribution is -0.128. The summed E-state index contributed by atoms with van der Waals surface area (Å²) in [6, 6.07) is 0.184. The highest BCUT2D eigenvalue weighted by atomic mass is 16.5.